The largest absolute Gasteiger partial charge is 0.394 e. The van der Waals surface area contributed by atoms with Gasteiger partial charge in [0, 0.05) is 27.7 Å². The van der Waals surface area contributed by atoms with Crippen LogP contribution in [0.4, 0.5) is 0 Å². The third-order valence-electron chi connectivity index (χ3n) is 18.2. The van der Waals surface area contributed by atoms with Crippen molar-refractivity contribution < 1.29 is 197 Å². The molecular formula is C56H94N4O40. The van der Waals surface area contributed by atoms with Gasteiger partial charge in [-0.2, -0.15) is 0 Å². The van der Waals surface area contributed by atoms with E-state index >= 15 is 0 Å². The van der Waals surface area contributed by atoms with E-state index in [1.165, 1.54) is 6.92 Å². The maximum Gasteiger partial charge on any atom is 0.217 e. The van der Waals surface area contributed by atoms with E-state index in [4.69, 9.17) is 71.1 Å². The monoisotopic (exact) mass is 1460 g/mol. The van der Waals surface area contributed by atoms with Gasteiger partial charge in [-0.05, 0) is 6.92 Å². The fourth-order valence-corrected chi connectivity index (χ4v) is 13.0. The Morgan fingerprint density at radius 3 is 1.09 bits per heavy atom. The molecular weight excluding hydrogens is 1370 g/mol. The normalized spacial score (nSPS) is 48.7. The van der Waals surface area contributed by atoms with Gasteiger partial charge in [0.15, 0.2) is 50.3 Å². The zero-order valence-electron chi connectivity index (χ0n) is 54.2. The number of carbonyl (C=O) groups excluding carboxylic acids is 4. The lowest BCUT2D eigenvalue weighted by Gasteiger charge is -2.51. The highest BCUT2D eigenvalue weighted by Crippen LogP contribution is 2.39. The van der Waals surface area contributed by atoms with Crippen LogP contribution in [0.5, 0.6) is 0 Å². The molecule has 0 aromatic rings. The third kappa shape index (κ3) is 18.1. The van der Waals surface area contributed by atoms with Crippen molar-refractivity contribution >= 4 is 23.6 Å². The maximum absolute atomic E-state index is 12.9. The summed E-state index contributed by atoms with van der Waals surface area (Å²) in [5, 5.41) is 242. The van der Waals surface area contributed by atoms with Gasteiger partial charge in [-0.15, -0.1) is 0 Å². The van der Waals surface area contributed by atoms with Crippen LogP contribution in [0.25, 0.3) is 0 Å². The Morgan fingerprint density at radius 2 is 0.600 bits per heavy atom. The second-order valence-electron chi connectivity index (χ2n) is 25.3. The van der Waals surface area contributed by atoms with Gasteiger partial charge < -0.3 is 200 Å². The molecule has 100 heavy (non-hydrogen) atoms. The van der Waals surface area contributed by atoms with E-state index in [1.54, 1.807) is 0 Å². The number of carbonyl (C=O) groups is 4. The van der Waals surface area contributed by atoms with E-state index in [-0.39, 0.29) is 0 Å². The van der Waals surface area contributed by atoms with Gasteiger partial charge in [-0.25, -0.2) is 0 Å². The quantitative estimate of drug-likeness (QED) is 0.0404. The average Bonchev–Trinajstić information content (AvgIpc) is 0.773. The summed E-state index contributed by atoms with van der Waals surface area (Å²) in [4.78, 5) is 50.2. The van der Waals surface area contributed by atoms with Crippen molar-refractivity contribution in [2.24, 2.45) is 0 Å². The molecule has 44 heteroatoms. The molecule has 0 aromatic heterocycles. The van der Waals surface area contributed by atoms with Crippen molar-refractivity contribution in [2.75, 3.05) is 46.2 Å². The first-order valence-corrected chi connectivity index (χ1v) is 32.0. The zero-order chi connectivity index (χ0) is 73.8. The molecule has 25 N–H and O–H groups in total. The molecule has 8 saturated heterocycles. The Morgan fingerprint density at radius 1 is 0.280 bits per heavy atom. The molecule has 40 atom stereocenters. The first-order valence-electron chi connectivity index (χ1n) is 32.0. The molecule has 17 unspecified atom stereocenters. The fraction of sp³-hybridized carbons (Fsp3) is 0.929. The molecule has 578 valence electrons. The number of aliphatic hydroxyl groups excluding tert-OH is 21. The topological polar surface area (TPSA) is 680 Å². The second kappa shape index (κ2) is 35.7. The van der Waals surface area contributed by atoms with Crippen molar-refractivity contribution in [2.45, 2.75) is 280 Å². The second-order valence-corrected chi connectivity index (χ2v) is 25.3. The number of rotatable bonds is 25. The van der Waals surface area contributed by atoms with Crippen LogP contribution in [-0.2, 0) is 90.2 Å². The molecule has 8 heterocycles. The number of amides is 4. The Bertz CT molecular complexity index is 2620. The van der Waals surface area contributed by atoms with Gasteiger partial charge >= 0.3 is 0 Å². The summed E-state index contributed by atoms with van der Waals surface area (Å²) >= 11 is 0. The van der Waals surface area contributed by atoms with Crippen molar-refractivity contribution in [3.8, 4) is 0 Å². The number of nitrogens with one attached hydrogen (secondary N) is 4. The minimum Gasteiger partial charge on any atom is -0.394 e. The zero-order valence-corrected chi connectivity index (χ0v) is 54.2. The summed E-state index contributed by atoms with van der Waals surface area (Å²) in [7, 11) is 0. The van der Waals surface area contributed by atoms with Gasteiger partial charge in [0.2, 0.25) is 23.6 Å². The summed E-state index contributed by atoms with van der Waals surface area (Å²) in [6.45, 7) is -1.64. The number of hydrogen-bond donors (Lipinski definition) is 25. The van der Waals surface area contributed by atoms with Crippen LogP contribution in [0.3, 0.4) is 0 Å². The lowest BCUT2D eigenvalue weighted by molar-refractivity contribution is -0.400. The highest BCUT2D eigenvalue weighted by molar-refractivity contribution is 5.74. The Hall–Kier alpha value is -3.56. The smallest absolute Gasteiger partial charge is 0.217 e. The predicted molar refractivity (Wildman–Crippen MR) is 309 cm³/mol. The summed E-state index contributed by atoms with van der Waals surface area (Å²) in [6.07, 6.45) is -72.4. The van der Waals surface area contributed by atoms with Gasteiger partial charge in [-0.3, -0.25) is 19.2 Å². The summed E-state index contributed by atoms with van der Waals surface area (Å²) in [5.41, 5.74) is 0. The van der Waals surface area contributed by atoms with Crippen molar-refractivity contribution in [3.63, 3.8) is 0 Å². The number of aliphatic hydroxyl groups is 21. The molecule has 8 fully saturated rings. The standard InChI is InChI=1S/C56H94N4O40/c1-13-25(57-14(2)67)35(77)43(22(10-65)87-13)94-51-27(59-16(4)69)36(78)44(23(11-66)92-51)95-54-42(84)45(96-56-48(40(82)32(74)21(9-64)91-56)99-50-26(58-15(3)68)34(76)29(71)18(6-61)88-50)33(75)24(93-54)12-86-55-47(39(81)31(73)20(8-63)90-55)98-52-28(60-17(5)70)37(79)46(49(85)100-52)97-53-41(83)38(80)30(72)19(7-62)89-53/h13,18-56,61-66,71-85H,6-12H2,1-5H3,(H,57,67)(H,58,68)(H,59,69)(H,60,70)/t13-,18?,19?,20?,21-,22?,23?,24?,25?,26?,27?,28?,29+,30-,31+,32?,33+,34+,35+,36+,37?,38-,39-,40?,41?,42?,43+,44+,45-,46-,47?,48?,49+,50-,51-,52+,53-,54-,55-,56+/m0/s1. The highest BCUT2D eigenvalue weighted by atomic mass is 16.8. The van der Waals surface area contributed by atoms with Gasteiger partial charge in [0.05, 0.1) is 58.4 Å². The minimum absolute atomic E-state index is 0.610. The molecule has 0 saturated carbocycles. The van der Waals surface area contributed by atoms with Crippen LogP contribution in [0.1, 0.15) is 34.6 Å². The molecule has 8 aliphatic heterocycles. The molecule has 0 aromatic carbocycles. The first-order chi connectivity index (χ1) is 47.2. The van der Waals surface area contributed by atoms with E-state index in [2.05, 4.69) is 21.3 Å². The Kier molecular flexibility index (Phi) is 29.3. The van der Waals surface area contributed by atoms with E-state index in [0.29, 0.717) is 0 Å². The molecule has 0 spiro atoms. The Labute approximate surface area is 567 Å². The van der Waals surface area contributed by atoms with E-state index in [9.17, 15) is 126 Å². The van der Waals surface area contributed by atoms with E-state index in [1.807, 2.05) is 0 Å². The third-order valence-corrected chi connectivity index (χ3v) is 18.2. The Balaban J connectivity index is 1.13. The maximum atomic E-state index is 12.9. The molecule has 0 radical (unpaired) electrons. The number of ether oxygens (including phenoxy) is 15. The lowest BCUT2D eigenvalue weighted by atomic mass is 9.92. The van der Waals surface area contributed by atoms with Gasteiger partial charge in [0.25, 0.3) is 0 Å². The van der Waals surface area contributed by atoms with Gasteiger partial charge in [0.1, 0.15) is 183 Å². The molecule has 8 rings (SSSR count). The van der Waals surface area contributed by atoms with Crippen LogP contribution in [0, 0.1) is 0 Å². The van der Waals surface area contributed by atoms with Crippen molar-refractivity contribution in [1.82, 2.24) is 21.3 Å². The highest BCUT2D eigenvalue weighted by Gasteiger charge is 2.60. The van der Waals surface area contributed by atoms with Crippen molar-refractivity contribution in [3.05, 3.63) is 0 Å². The summed E-state index contributed by atoms with van der Waals surface area (Å²) in [5.74, 6) is -3.26. The van der Waals surface area contributed by atoms with Crippen LogP contribution in [-0.4, -0.2) is 423 Å². The average molecular weight is 1460 g/mol. The van der Waals surface area contributed by atoms with E-state index < -0.39 is 315 Å². The SMILES string of the molecule is CC(=O)NC1C(O)[C@H](O[C@@H]2OC(CO)[C@H](O)[C@H](O)C2O)[C@H](O)O[C@H]1OC1[C@@H](OCC2O[C@@H](O[C@@H]3C(CO)O[C@@H](O[C@@H]4C(CO)O[C@@H](C)C(NC(C)=O)[C@H]4O)C(NC(C)=O)[C@H]3O)C(O)[C@@H](O[C@H]3O[C@@H](CO)C(O)C(O)C3O[C@@H]3OC(CO)[C@@H](O)[C@H](O)C3NC(C)=O)[C@@H]2O)OC(CO)[C@@H](O)[C@@H]1O. The molecule has 0 aliphatic carbocycles. The predicted octanol–water partition coefficient (Wildman–Crippen LogP) is -16.8. The van der Waals surface area contributed by atoms with Crippen molar-refractivity contribution in [1.29, 1.82) is 0 Å². The van der Waals surface area contributed by atoms with Gasteiger partial charge in [-0.1, -0.05) is 0 Å². The van der Waals surface area contributed by atoms with Crippen LogP contribution in [0.15, 0.2) is 0 Å². The van der Waals surface area contributed by atoms with Crippen LogP contribution < -0.4 is 21.3 Å². The number of hydrogen-bond acceptors (Lipinski definition) is 40. The van der Waals surface area contributed by atoms with E-state index in [0.717, 1.165) is 27.7 Å². The molecule has 4 amide bonds. The summed E-state index contributed by atoms with van der Waals surface area (Å²) < 4.78 is 88.5. The summed E-state index contributed by atoms with van der Waals surface area (Å²) in [6, 6.07) is -6.66. The first kappa shape index (κ1) is 82.1. The molecule has 8 aliphatic rings. The fourth-order valence-electron chi connectivity index (χ4n) is 13.0. The lowest BCUT2D eigenvalue weighted by Crippen LogP contribution is -2.70. The minimum atomic E-state index is -2.48. The molecule has 44 nitrogen and oxygen atoms in total. The van der Waals surface area contributed by atoms with Crippen LogP contribution >= 0.6 is 0 Å². The van der Waals surface area contributed by atoms with Crippen LogP contribution in [0.2, 0.25) is 0 Å². The molecule has 0 bridgehead atoms.